The lowest BCUT2D eigenvalue weighted by molar-refractivity contribution is -0.163. The maximum absolute atomic E-state index is 12.5. The molecular formula is C21H28N2O4. The number of rotatable bonds is 4. The number of Topliss-reactive ketones (excluding diaryl/α,β-unsaturated/α-hetero) is 1. The number of amides is 1. The van der Waals surface area contributed by atoms with E-state index in [9.17, 15) is 19.8 Å². The fourth-order valence-electron chi connectivity index (χ4n) is 5.23. The van der Waals surface area contributed by atoms with Crippen LogP contribution >= 0.6 is 0 Å². The molecule has 6 nitrogen and oxygen atoms in total. The molecule has 1 heterocycles. The lowest BCUT2D eigenvalue weighted by Gasteiger charge is -2.59. The van der Waals surface area contributed by atoms with Crippen LogP contribution < -0.4 is 5.73 Å². The Morgan fingerprint density at radius 2 is 2.15 bits per heavy atom. The van der Waals surface area contributed by atoms with Crippen LogP contribution in [0.4, 0.5) is 0 Å². The maximum atomic E-state index is 12.5. The van der Waals surface area contributed by atoms with Crippen molar-refractivity contribution in [2.45, 2.75) is 56.6 Å². The van der Waals surface area contributed by atoms with Gasteiger partial charge in [0, 0.05) is 36.4 Å². The third-order valence-electron chi connectivity index (χ3n) is 6.67. The fourth-order valence-corrected chi connectivity index (χ4v) is 5.23. The molecule has 1 aromatic rings. The van der Waals surface area contributed by atoms with E-state index in [1.54, 1.807) is 12.1 Å². The Kier molecular flexibility index (Phi) is 4.91. The third kappa shape index (κ3) is 2.78. The van der Waals surface area contributed by atoms with Gasteiger partial charge in [-0.2, -0.15) is 0 Å². The molecule has 4 N–H and O–H groups in total. The summed E-state index contributed by atoms with van der Waals surface area (Å²) < 4.78 is 0. The number of hydrogen-bond acceptors (Lipinski definition) is 5. The summed E-state index contributed by atoms with van der Waals surface area (Å²) in [6.45, 7) is 8.87. The number of aliphatic hydroxyl groups is 1. The first kappa shape index (κ1) is 19.6. The monoisotopic (exact) mass is 372 g/mol. The molecule has 1 saturated carbocycles. The topological polar surface area (TPSA) is 104 Å². The summed E-state index contributed by atoms with van der Waals surface area (Å²) in [6, 6.07) is 2.99. The van der Waals surface area contributed by atoms with E-state index in [0.29, 0.717) is 37.9 Å². The highest BCUT2D eigenvalue weighted by molar-refractivity contribution is 5.96. The average molecular weight is 372 g/mol. The molecule has 0 unspecified atom stereocenters. The normalized spacial score (nSPS) is 31.4. The molecule has 0 bridgehead atoms. The van der Waals surface area contributed by atoms with Crippen LogP contribution in [0, 0.1) is 6.92 Å². The highest BCUT2D eigenvalue weighted by atomic mass is 16.3. The zero-order valence-corrected chi connectivity index (χ0v) is 16.0. The number of nitrogens with zero attached hydrogens (tertiary/aromatic N) is 1. The minimum atomic E-state index is -1.21. The summed E-state index contributed by atoms with van der Waals surface area (Å²) in [5.41, 5.74) is 4.53. The van der Waals surface area contributed by atoms with Gasteiger partial charge in [-0.25, -0.2) is 0 Å². The number of benzene rings is 1. The standard InChI is InChI=1S/C21H28N2O4/c1-4-10-23-11-9-20(12-15(24)7-8-21(20,27)14(23)3)17-13(2)5-6-16(18(17)25)19(22)26/h4-6,14,25,27H,1,7-12H2,2-3H3,(H2,22,26)/t14-,20-,21-/m1/s1. The van der Waals surface area contributed by atoms with E-state index in [0.717, 1.165) is 5.56 Å². The summed E-state index contributed by atoms with van der Waals surface area (Å²) in [7, 11) is 0. The molecule has 1 saturated heterocycles. The number of aromatic hydroxyl groups is 1. The molecule has 27 heavy (non-hydrogen) atoms. The number of carbonyl (C=O) groups excluding carboxylic acids is 2. The number of primary amides is 1. The zero-order chi connectivity index (χ0) is 20.0. The largest absolute Gasteiger partial charge is 0.507 e. The Hall–Kier alpha value is -2.18. The summed E-state index contributed by atoms with van der Waals surface area (Å²) in [6.07, 6.45) is 3.08. The number of phenols is 1. The van der Waals surface area contributed by atoms with Gasteiger partial charge in [0.2, 0.25) is 0 Å². The molecule has 3 atom stereocenters. The molecule has 1 aliphatic heterocycles. The van der Waals surface area contributed by atoms with Crippen molar-refractivity contribution >= 4 is 11.7 Å². The average Bonchev–Trinajstić information content (AvgIpc) is 2.60. The van der Waals surface area contributed by atoms with E-state index in [-0.39, 0.29) is 29.6 Å². The van der Waals surface area contributed by atoms with Gasteiger partial charge in [0.05, 0.1) is 11.2 Å². The van der Waals surface area contributed by atoms with Crippen molar-refractivity contribution in [1.82, 2.24) is 4.90 Å². The van der Waals surface area contributed by atoms with E-state index in [2.05, 4.69) is 11.5 Å². The quantitative estimate of drug-likeness (QED) is 0.699. The van der Waals surface area contributed by atoms with Crippen LogP contribution in [0.25, 0.3) is 0 Å². The highest BCUT2D eigenvalue weighted by Crippen LogP contribution is 2.56. The Morgan fingerprint density at radius 3 is 2.78 bits per heavy atom. The molecule has 0 spiro atoms. The van der Waals surface area contributed by atoms with Crippen LogP contribution in [0.2, 0.25) is 0 Å². The van der Waals surface area contributed by atoms with Gasteiger partial charge in [-0.3, -0.25) is 14.5 Å². The van der Waals surface area contributed by atoms with Gasteiger partial charge in [0.15, 0.2) is 0 Å². The van der Waals surface area contributed by atoms with Crippen molar-refractivity contribution in [3.63, 3.8) is 0 Å². The van der Waals surface area contributed by atoms with Gasteiger partial charge in [0.1, 0.15) is 11.5 Å². The maximum Gasteiger partial charge on any atom is 0.252 e. The number of hydrogen-bond donors (Lipinski definition) is 3. The SMILES string of the molecule is C=CCN1CC[C@]2(c3c(C)ccc(C(N)=O)c3O)CC(=O)CC[C@@]2(O)[C@H]1C. The lowest BCUT2D eigenvalue weighted by Crippen LogP contribution is -2.69. The van der Waals surface area contributed by atoms with Gasteiger partial charge in [-0.15, -0.1) is 6.58 Å². The number of piperidine rings is 1. The molecule has 0 radical (unpaired) electrons. The Morgan fingerprint density at radius 1 is 1.44 bits per heavy atom. The number of likely N-dealkylation sites (tertiary alicyclic amines) is 1. The number of ketones is 1. The van der Waals surface area contributed by atoms with E-state index in [1.165, 1.54) is 6.07 Å². The first-order chi connectivity index (χ1) is 12.7. The van der Waals surface area contributed by atoms with Crippen LogP contribution in [-0.4, -0.2) is 51.5 Å². The van der Waals surface area contributed by atoms with Crippen molar-refractivity contribution < 1.29 is 19.8 Å². The van der Waals surface area contributed by atoms with Crippen molar-refractivity contribution in [3.8, 4) is 5.75 Å². The molecule has 146 valence electrons. The predicted molar refractivity (Wildman–Crippen MR) is 103 cm³/mol. The smallest absolute Gasteiger partial charge is 0.252 e. The second kappa shape index (κ2) is 6.77. The van der Waals surface area contributed by atoms with Crippen LogP contribution in [0.1, 0.15) is 54.1 Å². The minimum absolute atomic E-state index is 0.0199. The summed E-state index contributed by atoms with van der Waals surface area (Å²) in [4.78, 5) is 26.4. The molecule has 3 rings (SSSR count). The van der Waals surface area contributed by atoms with Gasteiger partial charge in [-0.1, -0.05) is 12.1 Å². The summed E-state index contributed by atoms with van der Waals surface area (Å²) in [5.74, 6) is -0.875. The van der Waals surface area contributed by atoms with E-state index in [1.807, 2.05) is 13.8 Å². The number of fused-ring (bicyclic) bond motifs is 1. The summed E-state index contributed by atoms with van der Waals surface area (Å²) >= 11 is 0. The molecule has 0 aromatic heterocycles. The van der Waals surface area contributed by atoms with E-state index < -0.39 is 16.9 Å². The molecular weight excluding hydrogens is 344 g/mol. The molecule has 2 aliphatic rings. The fraction of sp³-hybridized carbons (Fsp3) is 0.524. The van der Waals surface area contributed by atoms with Crippen LogP contribution in [0.5, 0.6) is 5.75 Å². The van der Waals surface area contributed by atoms with Crippen LogP contribution in [0.15, 0.2) is 24.8 Å². The Labute approximate surface area is 159 Å². The van der Waals surface area contributed by atoms with Crippen molar-refractivity contribution in [3.05, 3.63) is 41.5 Å². The number of nitrogens with two attached hydrogens (primary N) is 1. The lowest BCUT2D eigenvalue weighted by atomic mass is 9.53. The minimum Gasteiger partial charge on any atom is -0.507 e. The highest BCUT2D eigenvalue weighted by Gasteiger charge is 2.62. The molecule has 1 aliphatic carbocycles. The van der Waals surface area contributed by atoms with Gasteiger partial charge < -0.3 is 15.9 Å². The van der Waals surface area contributed by atoms with E-state index >= 15 is 0 Å². The Balaban J connectivity index is 2.24. The molecule has 6 heteroatoms. The van der Waals surface area contributed by atoms with Crippen molar-refractivity contribution in [2.75, 3.05) is 13.1 Å². The van der Waals surface area contributed by atoms with Crippen LogP contribution in [-0.2, 0) is 10.2 Å². The summed E-state index contributed by atoms with van der Waals surface area (Å²) in [5, 5.41) is 22.8. The Bertz CT molecular complexity index is 806. The van der Waals surface area contributed by atoms with E-state index in [4.69, 9.17) is 5.73 Å². The second-order valence-corrected chi connectivity index (χ2v) is 7.95. The van der Waals surface area contributed by atoms with Crippen molar-refractivity contribution in [1.29, 1.82) is 0 Å². The molecule has 1 amide bonds. The first-order valence-corrected chi connectivity index (χ1v) is 9.40. The first-order valence-electron chi connectivity index (χ1n) is 9.40. The number of aryl methyl sites for hydroxylation is 1. The third-order valence-corrected chi connectivity index (χ3v) is 6.67. The predicted octanol–water partition coefficient (Wildman–Crippen LogP) is 1.80. The van der Waals surface area contributed by atoms with Gasteiger partial charge in [-0.05, 0) is 44.9 Å². The molecule has 1 aromatic carbocycles. The number of carbonyl (C=O) groups is 2. The molecule has 2 fully saturated rings. The van der Waals surface area contributed by atoms with Crippen LogP contribution in [0.3, 0.4) is 0 Å². The van der Waals surface area contributed by atoms with Gasteiger partial charge in [0.25, 0.3) is 5.91 Å². The van der Waals surface area contributed by atoms with Crippen molar-refractivity contribution in [2.24, 2.45) is 5.73 Å². The second-order valence-electron chi connectivity index (χ2n) is 7.95. The zero-order valence-electron chi connectivity index (χ0n) is 16.0. The van der Waals surface area contributed by atoms with Gasteiger partial charge >= 0.3 is 0 Å².